The van der Waals surface area contributed by atoms with E-state index < -0.39 is 15.9 Å². The van der Waals surface area contributed by atoms with Gasteiger partial charge < -0.3 is 9.84 Å². The van der Waals surface area contributed by atoms with Crippen LogP contribution in [0.2, 0.25) is 0 Å². The number of benzene rings is 3. The van der Waals surface area contributed by atoms with Crippen LogP contribution in [0, 0.1) is 0 Å². The van der Waals surface area contributed by atoms with Gasteiger partial charge in [-0.15, -0.1) is 0 Å². The number of ether oxygens (including phenoxy) is 1. The number of amides is 1. The Morgan fingerprint density at radius 3 is 2.37 bits per heavy atom. The molecule has 1 amide bonds. The van der Waals surface area contributed by atoms with Crippen molar-refractivity contribution in [2.45, 2.75) is 4.90 Å². The van der Waals surface area contributed by atoms with E-state index in [9.17, 15) is 18.3 Å². The molecule has 3 rings (SSSR count). The Morgan fingerprint density at radius 2 is 1.70 bits per heavy atom. The summed E-state index contributed by atoms with van der Waals surface area (Å²) >= 11 is 0. The van der Waals surface area contributed by atoms with Crippen molar-refractivity contribution in [3.05, 3.63) is 83.9 Å². The summed E-state index contributed by atoms with van der Waals surface area (Å²) in [7, 11) is -2.28. The summed E-state index contributed by atoms with van der Waals surface area (Å²) in [5.74, 6) is -0.294. The van der Waals surface area contributed by atoms with Crippen molar-refractivity contribution in [1.82, 2.24) is 5.43 Å². The molecule has 0 fully saturated rings. The lowest BCUT2D eigenvalue weighted by Crippen LogP contribution is -2.18. The number of para-hydroxylation sites is 1. The van der Waals surface area contributed by atoms with Crippen molar-refractivity contribution in [3.63, 3.8) is 0 Å². The summed E-state index contributed by atoms with van der Waals surface area (Å²) in [5.41, 5.74) is 3.32. The molecule has 0 aliphatic carbocycles. The van der Waals surface area contributed by atoms with Crippen LogP contribution in [-0.4, -0.2) is 32.8 Å². The number of rotatable bonds is 7. The predicted octanol–water partition coefficient (Wildman–Crippen LogP) is 2.97. The number of phenols is 1. The van der Waals surface area contributed by atoms with Gasteiger partial charge in [-0.3, -0.25) is 9.52 Å². The molecular weight excluding hydrogens is 406 g/mol. The fourth-order valence-electron chi connectivity index (χ4n) is 2.54. The molecule has 0 aliphatic heterocycles. The number of hydrazone groups is 1. The van der Waals surface area contributed by atoms with Gasteiger partial charge in [-0.25, -0.2) is 13.8 Å². The second-order valence-electron chi connectivity index (χ2n) is 6.09. The monoisotopic (exact) mass is 425 g/mol. The topological polar surface area (TPSA) is 117 Å². The molecule has 0 radical (unpaired) electrons. The lowest BCUT2D eigenvalue weighted by Gasteiger charge is -2.08. The highest BCUT2D eigenvalue weighted by molar-refractivity contribution is 7.92. The Labute approximate surface area is 173 Å². The molecule has 0 aromatic heterocycles. The van der Waals surface area contributed by atoms with E-state index in [4.69, 9.17) is 4.74 Å². The van der Waals surface area contributed by atoms with Gasteiger partial charge in [-0.2, -0.15) is 5.10 Å². The van der Waals surface area contributed by atoms with E-state index in [2.05, 4.69) is 15.2 Å². The van der Waals surface area contributed by atoms with E-state index in [0.717, 1.165) is 0 Å². The minimum absolute atomic E-state index is 0.0898. The van der Waals surface area contributed by atoms with Gasteiger partial charge in [0.05, 0.1) is 18.2 Å². The number of aromatic hydroxyl groups is 1. The third-order valence-electron chi connectivity index (χ3n) is 4.07. The van der Waals surface area contributed by atoms with Gasteiger partial charge in [-0.05, 0) is 48.5 Å². The summed E-state index contributed by atoms with van der Waals surface area (Å²) in [6.45, 7) is 0. The van der Waals surface area contributed by atoms with Gasteiger partial charge in [0.25, 0.3) is 15.9 Å². The van der Waals surface area contributed by atoms with Gasteiger partial charge in [0, 0.05) is 16.8 Å². The van der Waals surface area contributed by atoms with Crippen molar-refractivity contribution in [2.75, 3.05) is 11.8 Å². The Morgan fingerprint density at radius 1 is 1.00 bits per heavy atom. The van der Waals surface area contributed by atoms with Crippen LogP contribution in [0.4, 0.5) is 5.69 Å². The Kier molecular flexibility index (Phi) is 6.33. The van der Waals surface area contributed by atoms with E-state index in [1.54, 1.807) is 36.4 Å². The number of phenolic OH excluding ortho intramolecular Hbond substituents is 1. The van der Waals surface area contributed by atoms with Crippen LogP contribution in [0.3, 0.4) is 0 Å². The first kappa shape index (κ1) is 20.9. The average molecular weight is 425 g/mol. The van der Waals surface area contributed by atoms with Gasteiger partial charge >= 0.3 is 0 Å². The van der Waals surface area contributed by atoms with Gasteiger partial charge in [0.2, 0.25) is 0 Å². The molecule has 0 aliphatic rings. The summed E-state index contributed by atoms with van der Waals surface area (Å²) in [6.07, 6.45) is 1.29. The smallest absolute Gasteiger partial charge is 0.271 e. The maximum Gasteiger partial charge on any atom is 0.271 e. The third-order valence-corrected chi connectivity index (χ3v) is 5.47. The number of methoxy groups -OCH3 is 1. The molecule has 0 unspecified atom stereocenters. The first-order chi connectivity index (χ1) is 14.4. The second-order valence-corrected chi connectivity index (χ2v) is 7.78. The molecule has 3 N–H and O–H groups in total. The summed E-state index contributed by atoms with van der Waals surface area (Å²) in [6, 6.07) is 18.8. The molecule has 0 heterocycles. The van der Waals surface area contributed by atoms with Gasteiger partial charge in [0.15, 0.2) is 11.5 Å². The van der Waals surface area contributed by atoms with Crippen molar-refractivity contribution in [1.29, 1.82) is 0 Å². The van der Waals surface area contributed by atoms with Crippen LogP contribution in [0.5, 0.6) is 11.5 Å². The first-order valence-electron chi connectivity index (χ1n) is 8.78. The average Bonchev–Trinajstić information content (AvgIpc) is 2.76. The number of carbonyl (C=O) groups is 1. The Bertz CT molecular complexity index is 1160. The first-order valence-corrected chi connectivity index (χ1v) is 10.3. The van der Waals surface area contributed by atoms with Crippen LogP contribution in [0.15, 0.2) is 82.8 Å². The normalized spacial score (nSPS) is 11.2. The van der Waals surface area contributed by atoms with E-state index in [0.29, 0.717) is 17.0 Å². The second kappa shape index (κ2) is 9.10. The third kappa shape index (κ3) is 4.95. The quantitative estimate of drug-likeness (QED) is 0.397. The summed E-state index contributed by atoms with van der Waals surface area (Å²) in [5, 5.41) is 13.8. The zero-order valence-corrected chi connectivity index (χ0v) is 16.8. The highest BCUT2D eigenvalue weighted by Gasteiger charge is 2.14. The van der Waals surface area contributed by atoms with Crippen LogP contribution in [0.25, 0.3) is 0 Å². The number of nitrogens with one attached hydrogen (secondary N) is 2. The molecule has 30 heavy (non-hydrogen) atoms. The van der Waals surface area contributed by atoms with Crippen molar-refractivity contribution in [3.8, 4) is 11.5 Å². The lowest BCUT2D eigenvalue weighted by molar-refractivity contribution is 0.0955. The predicted molar refractivity (Wildman–Crippen MR) is 113 cm³/mol. The molecule has 0 saturated heterocycles. The van der Waals surface area contributed by atoms with Gasteiger partial charge in [-0.1, -0.05) is 24.3 Å². The molecule has 154 valence electrons. The number of hydrogen-bond acceptors (Lipinski definition) is 6. The Balaban J connectivity index is 1.64. The van der Waals surface area contributed by atoms with Crippen molar-refractivity contribution < 1.29 is 23.1 Å². The number of sulfonamides is 1. The van der Waals surface area contributed by atoms with Gasteiger partial charge in [0.1, 0.15) is 0 Å². The molecule has 0 spiro atoms. The van der Waals surface area contributed by atoms with Crippen molar-refractivity contribution in [2.24, 2.45) is 5.10 Å². The van der Waals surface area contributed by atoms with Crippen molar-refractivity contribution >= 4 is 27.8 Å². The fraction of sp³-hybridized carbons (Fsp3) is 0.0476. The maximum absolute atomic E-state index is 12.3. The summed E-state index contributed by atoms with van der Waals surface area (Å²) < 4.78 is 32.1. The molecule has 0 bridgehead atoms. The van der Waals surface area contributed by atoms with E-state index in [1.807, 2.05) is 0 Å². The molecule has 9 heteroatoms. The SMILES string of the molecule is COc1cccc(/C=N\NC(=O)c2ccc(NS(=O)(=O)c3ccccc3)cc2)c1O. The standard InChI is InChI=1S/C21H19N3O5S/c1-29-19-9-5-6-16(20(19)25)14-22-23-21(26)15-10-12-17(13-11-15)24-30(27,28)18-7-3-2-4-8-18/h2-14,24-25H,1H3,(H,23,26)/b22-14-. The molecule has 3 aromatic carbocycles. The number of carbonyl (C=O) groups excluding carboxylic acids is 1. The maximum atomic E-state index is 12.3. The summed E-state index contributed by atoms with van der Waals surface area (Å²) in [4.78, 5) is 12.4. The van der Waals surface area contributed by atoms with Crippen LogP contribution < -0.4 is 14.9 Å². The number of anilines is 1. The zero-order chi connectivity index (χ0) is 21.6. The molecule has 3 aromatic rings. The number of nitrogens with zero attached hydrogens (tertiary/aromatic N) is 1. The van der Waals surface area contributed by atoms with E-state index in [1.165, 1.54) is 49.7 Å². The zero-order valence-electron chi connectivity index (χ0n) is 15.9. The molecular formula is C21H19N3O5S. The van der Waals surface area contributed by atoms with Crippen LogP contribution in [0.1, 0.15) is 15.9 Å². The Hall–Kier alpha value is -3.85. The molecule has 0 atom stereocenters. The van der Waals surface area contributed by atoms with E-state index in [-0.39, 0.29) is 16.2 Å². The highest BCUT2D eigenvalue weighted by atomic mass is 32.2. The van der Waals surface area contributed by atoms with Crippen LogP contribution in [-0.2, 0) is 10.0 Å². The largest absolute Gasteiger partial charge is 0.504 e. The minimum Gasteiger partial charge on any atom is -0.504 e. The number of hydrogen-bond donors (Lipinski definition) is 3. The highest BCUT2D eigenvalue weighted by Crippen LogP contribution is 2.27. The minimum atomic E-state index is -3.71. The lowest BCUT2D eigenvalue weighted by atomic mass is 10.2. The van der Waals surface area contributed by atoms with Crippen LogP contribution >= 0.6 is 0 Å². The molecule has 0 saturated carbocycles. The molecule has 8 nitrogen and oxygen atoms in total. The van der Waals surface area contributed by atoms with E-state index >= 15 is 0 Å². The fourth-order valence-corrected chi connectivity index (χ4v) is 3.62.